The molecule has 0 radical (unpaired) electrons. The van der Waals surface area contributed by atoms with Gasteiger partial charge < -0.3 is 14.5 Å². The number of nitrogens with one attached hydrogen (secondary N) is 1. The van der Waals surface area contributed by atoms with Gasteiger partial charge in [-0.25, -0.2) is 4.98 Å². The van der Waals surface area contributed by atoms with Crippen LogP contribution in [0, 0.1) is 5.41 Å². The predicted molar refractivity (Wildman–Crippen MR) is 152 cm³/mol. The largest absolute Gasteiger partial charge is 0.435 e. The Kier molecular flexibility index (Phi) is 6.47. The highest BCUT2D eigenvalue weighted by Crippen LogP contribution is 2.40. The first kappa shape index (κ1) is 27.7. The van der Waals surface area contributed by atoms with Gasteiger partial charge in [0, 0.05) is 49.4 Å². The number of carbonyl (C=O) groups is 1. The molecule has 1 aliphatic heterocycles. The van der Waals surface area contributed by atoms with Gasteiger partial charge in [-0.3, -0.25) is 14.5 Å². The lowest BCUT2D eigenvalue weighted by Crippen LogP contribution is -2.41. The Bertz CT molecular complexity index is 1770. The van der Waals surface area contributed by atoms with Crippen LogP contribution in [0.5, 0.6) is 0 Å². The maximum atomic E-state index is 13.8. The monoisotopic (exact) mass is 577 g/mol. The minimum Gasteiger partial charge on any atom is -0.339 e. The summed E-state index contributed by atoms with van der Waals surface area (Å²) in [7, 11) is 1.59. The number of hydrogen-bond acceptors (Lipinski definition) is 6. The van der Waals surface area contributed by atoms with Crippen molar-refractivity contribution >= 4 is 23.2 Å². The number of fused-ring (bicyclic) bond motifs is 3. The van der Waals surface area contributed by atoms with Crippen molar-refractivity contribution in [3.63, 3.8) is 0 Å². The Morgan fingerprint density at radius 3 is 2.52 bits per heavy atom. The molecule has 5 heterocycles. The van der Waals surface area contributed by atoms with Gasteiger partial charge in [0.25, 0.3) is 11.5 Å². The Labute approximate surface area is 240 Å². The molecule has 1 N–H and O–H groups in total. The second-order valence-corrected chi connectivity index (χ2v) is 11.6. The highest BCUT2D eigenvalue weighted by atomic mass is 19.4. The summed E-state index contributed by atoms with van der Waals surface area (Å²) in [5.74, 6) is 0.488. The summed E-state index contributed by atoms with van der Waals surface area (Å²) in [6.45, 7) is 7.65. The van der Waals surface area contributed by atoms with Crippen LogP contribution in [-0.2, 0) is 39.0 Å². The van der Waals surface area contributed by atoms with Crippen molar-refractivity contribution in [3.8, 4) is 11.1 Å². The van der Waals surface area contributed by atoms with Crippen LogP contribution in [0.4, 0.5) is 30.5 Å². The predicted octanol–water partition coefficient (Wildman–Crippen LogP) is 5.15. The Hall–Kier alpha value is -4.48. The SMILES string of the molecule is CCc1c(-c2cc(Nc3ccc(C(F)(F)F)nn3)c(=O)n(C)c2)ccnc1N1CCn2c(cc3c2CC(C)(C)C3)C1=O. The van der Waals surface area contributed by atoms with E-state index in [4.69, 9.17) is 0 Å². The Morgan fingerprint density at radius 2 is 1.83 bits per heavy atom. The molecule has 42 heavy (non-hydrogen) atoms. The molecule has 0 bridgehead atoms. The first-order valence-electron chi connectivity index (χ1n) is 13.8. The van der Waals surface area contributed by atoms with E-state index in [0.717, 1.165) is 36.1 Å². The van der Waals surface area contributed by atoms with Crippen LogP contribution in [0.3, 0.4) is 0 Å². The Morgan fingerprint density at radius 1 is 1.05 bits per heavy atom. The number of nitrogens with zero attached hydrogens (tertiary/aromatic N) is 6. The van der Waals surface area contributed by atoms with Gasteiger partial charge in [-0.2, -0.15) is 13.2 Å². The van der Waals surface area contributed by atoms with Crippen molar-refractivity contribution in [2.24, 2.45) is 12.5 Å². The average Bonchev–Trinajstić information content (AvgIpc) is 3.43. The fourth-order valence-electron chi connectivity index (χ4n) is 6.08. The molecule has 218 valence electrons. The second kappa shape index (κ2) is 9.81. The van der Waals surface area contributed by atoms with Crippen LogP contribution < -0.4 is 15.8 Å². The summed E-state index contributed by atoms with van der Waals surface area (Å²) in [4.78, 5) is 33.0. The quantitative estimate of drug-likeness (QED) is 0.353. The fourth-order valence-corrected chi connectivity index (χ4v) is 6.08. The number of anilines is 3. The van der Waals surface area contributed by atoms with Gasteiger partial charge >= 0.3 is 6.18 Å². The molecule has 4 aromatic rings. The molecule has 0 atom stereocenters. The van der Waals surface area contributed by atoms with Crippen molar-refractivity contribution in [2.75, 3.05) is 16.8 Å². The third-order valence-electron chi connectivity index (χ3n) is 7.98. The molecule has 0 spiro atoms. The lowest BCUT2D eigenvalue weighted by atomic mass is 9.90. The molecule has 1 aliphatic carbocycles. The van der Waals surface area contributed by atoms with Crippen molar-refractivity contribution in [1.82, 2.24) is 24.3 Å². The number of alkyl halides is 3. The Balaban J connectivity index is 1.34. The molecule has 0 saturated carbocycles. The highest BCUT2D eigenvalue weighted by Gasteiger charge is 2.37. The first-order chi connectivity index (χ1) is 19.9. The second-order valence-electron chi connectivity index (χ2n) is 11.6. The van der Waals surface area contributed by atoms with Crippen LogP contribution in [0.25, 0.3) is 11.1 Å². The molecule has 0 fully saturated rings. The van der Waals surface area contributed by atoms with E-state index in [2.05, 4.69) is 38.9 Å². The lowest BCUT2D eigenvalue weighted by Gasteiger charge is -2.31. The summed E-state index contributed by atoms with van der Waals surface area (Å²) in [5, 5.41) is 9.61. The van der Waals surface area contributed by atoms with Crippen molar-refractivity contribution in [3.05, 3.63) is 81.3 Å². The third kappa shape index (κ3) is 4.74. The molecule has 9 nitrogen and oxygen atoms in total. The van der Waals surface area contributed by atoms with E-state index in [-0.39, 0.29) is 22.8 Å². The summed E-state index contributed by atoms with van der Waals surface area (Å²) in [5.41, 5.74) is 4.28. The van der Waals surface area contributed by atoms with Gasteiger partial charge in [0.1, 0.15) is 17.2 Å². The smallest absolute Gasteiger partial charge is 0.339 e. The van der Waals surface area contributed by atoms with Crippen LogP contribution in [0.15, 0.2) is 47.5 Å². The fraction of sp³-hybridized carbons (Fsp3) is 0.367. The number of rotatable bonds is 5. The molecular weight excluding hydrogens is 547 g/mol. The van der Waals surface area contributed by atoms with Crippen molar-refractivity contribution < 1.29 is 18.0 Å². The maximum absolute atomic E-state index is 13.8. The van der Waals surface area contributed by atoms with Crippen LogP contribution in [0.1, 0.15) is 53.8 Å². The first-order valence-corrected chi connectivity index (χ1v) is 13.8. The van der Waals surface area contributed by atoms with E-state index in [0.29, 0.717) is 36.6 Å². The average molecular weight is 578 g/mol. The zero-order chi connectivity index (χ0) is 30.0. The molecule has 12 heteroatoms. The summed E-state index contributed by atoms with van der Waals surface area (Å²) in [6, 6.07) is 7.41. The normalized spacial score (nSPS) is 16.0. The highest BCUT2D eigenvalue weighted by molar-refractivity contribution is 6.06. The third-order valence-corrected chi connectivity index (χ3v) is 7.98. The number of hydrogen-bond donors (Lipinski definition) is 1. The molecular formula is C30H30F3N7O2. The lowest BCUT2D eigenvalue weighted by molar-refractivity contribution is -0.141. The summed E-state index contributed by atoms with van der Waals surface area (Å²) < 4.78 is 42.2. The number of halogens is 3. The number of aryl methyl sites for hydroxylation is 1. The molecule has 0 unspecified atom stereocenters. The standard InChI is InChI=1S/C30H30F3N7O2/c1-5-19-20(18-12-21(27(41)38(4)16-18)35-25-7-6-24(36-37-25)30(31,32)33)8-9-34-26(19)40-11-10-39-22(28(40)42)13-17-14-29(2,3)15-23(17)39/h6-9,12-13,16H,5,10-11,14-15H2,1-4H3,(H,35,37). The topological polar surface area (TPSA) is 97.9 Å². The van der Waals surface area contributed by atoms with E-state index in [1.54, 1.807) is 30.4 Å². The minimum absolute atomic E-state index is 0.000539. The molecule has 0 saturated heterocycles. The van der Waals surface area contributed by atoms with Crippen LogP contribution in [-0.4, -0.2) is 36.8 Å². The van der Waals surface area contributed by atoms with E-state index < -0.39 is 17.4 Å². The van der Waals surface area contributed by atoms with Crippen molar-refractivity contribution in [2.45, 2.75) is 52.8 Å². The van der Waals surface area contributed by atoms with E-state index >= 15 is 0 Å². The van der Waals surface area contributed by atoms with E-state index in [1.165, 1.54) is 15.8 Å². The van der Waals surface area contributed by atoms with E-state index in [9.17, 15) is 22.8 Å². The minimum atomic E-state index is -4.62. The number of amides is 1. The summed E-state index contributed by atoms with van der Waals surface area (Å²) in [6.07, 6.45) is 1.18. The maximum Gasteiger partial charge on any atom is 0.435 e. The van der Waals surface area contributed by atoms with Crippen LogP contribution in [0.2, 0.25) is 0 Å². The number of aromatic nitrogens is 5. The van der Waals surface area contributed by atoms with Gasteiger partial charge in [-0.05, 0) is 66.1 Å². The van der Waals surface area contributed by atoms with Gasteiger partial charge in [0.05, 0.1) is 0 Å². The summed E-state index contributed by atoms with van der Waals surface area (Å²) >= 11 is 0. The number of carbonyl (C=O) groups excluding carboxylic acids is 1. The van der Waals surface area contributed by atoms with Crippen LogP contribution >= 0.6 is 0 Å². The zero-order valence-corrected chi connectivity index (χ0v) is 23.7. The van der Waals surface area contributed by atoms with Gasteiger partial charge in [-0.15, -0.1) is 10.2 Å². The van der Waals surface area contributed by atoms with Gasteiger partial charge in [0.2, 0.25) is 0 Å². The van der Waals surface area contributed by atoms with Gasteiger partial charge in [-0.1, -0.05) is 20.8 Å². The molecule has 1 amide bonds. The molecule has 6 rings (SSSR count). The van der Waals surface area contributed by atoms with E-state index in [1.807, 2.05) is 19.1 Å². The molecule has 2 aliphatic rings. The number of pyridine rings is 2. The molecule has 0 aromatic carbocycles. The zero-order valence-electron chi connectivity index (χ0n) is 23.7. The molecule has 4 aromatic heterocycles. The van der Waals surface area contributed by atoms with Gasteiger partial charge in [0.15, 0.2) is 11.5 Å². The van der Waals surface area contributed by atoms with Crippen molar-refractivity contribution in [1.29, 1.82) is 0 Å².